The summed E-state index contributed by atoms with van der Waals surface area (Å²) < 4.78 is 9.56. The number of hydrogen-bond acceptors (Lipinski definition) is 6. The Hall–Kier alpha value is -14.7. The normalized spacial score (nSPS) is 11.6. The fourth-order valence-electron chi connectivity index (χ4n) is 17.4. The summed E-state index contributed by atoms with van der Waals surface area (Å²) in [5.74, 6) is 3.97. The van der Waals surface area contributed by atoms with Crippen LogP contribution in [-0.4, -0.2) is 48.2 Å². The Morgan fingerprint density at radius 2 is 0.431 bits per heavy atom. The lowest BCUT2D eigenvalue weighted by Crippen LogP contribution is -2.04. The molecule has 0 aliphatic rings. The Kier molecular flexibility index (Phi) is 17.4. The molecule has 0 fully saturated rings. The van der Waals surface area contributed by atoms with Gasteiger partial charge in [-0.1, -0.05) is 172 Å². The van der Waals surface area contributed by atoms with Crippen LogP contribution >= 0.6 is 0 Å². The molecule has 12 nitrogen and oxygen atoms in total. The van der Waals surface area contributed by atoms with Gasteiger partial charge in [-0.2, -0.15) is 0 Å². The van der Waals surface area contributed by atoms with Crippen molar-refractivity contribution in [1.82, 2.24) is 48.2 Å². The van der Waals surface area contributed by atoms with E-state index >= 15 is 0 Å². The molecule has 20 rings (SSSR count). The number of nitrogens with zero attached hydrogens (tertiary/aromatic N) is 12. The Balaban J connectivity index is 0.000000155. The predicted molar refractivity (Wildman–Crippen MR) is 479 cm³/mol. The smallest absolute Gasteiger partial charge is 0.187 e. The van der Waals surface area contributed by atoms with Crippen LogP contribution in [0, 0.1) is 96.2 Å². The molecular formula is C104H80N12. The van der Waals surface area contributed by atoms with Crippen LogP contribution in [-0.2, 0) is 0 Å². The molecule has 556 valence electrons. The van der Waals surface area contributed by atoms with Crippen LogP contribution in [0.25, 0.3) is 187 Å². The van der Waals surface area contributed by atoms with Crippen LogP contribution in [0.3, 0.4) is 0 Å². The number of benzene rings is 14. The van der Waals surface area contributed by atoms with Gasteiger partial charge in [0.2, 0.25) is 0 Å². The Morgan fingerprint density at radius 3 is 0.724 bits per heavy atom. The van der Waals surface area contributed by atoms with Gasteiger partial charge in [0.15, 0.2) is 23.0 Å². The number of fused-ring (bicyclic) bond motifs is 12. The van der Waals surface area contributed by atoms with Gasteiger partial charge in [0.1, 0.15) is 23.3 Å². The molecule has 20 aromatic rings. The molecule has 14 aromatic carbocycles. The Morgan fingerprint density at radius 1 is 0.198 bits per heavy atom. The van der Waals surface area contributed by atoms with Crippen molar-refractivity contribution in [3.63, 3.8) is 0 Å². The van der Waals surface area contributed by atoms with Gasteiger partial charge >= 0.3 is 0 Å². The van der Waals surface area contributed by atoms with E-state index in [2.05, 4.69) is 312 Å². The van der Waals surface area contributed by atoms with Gasteiger partial charge in [0.25, 0.3) is 0 Å². The average Bonchev–Trinajstić information content (AvgIpc) is 1.61. The van der Waals surface area contributed by atoms with Crippen LogP contribution in [0.4, 0.5) is 11.4 Å². The predicted octanol–water partition coefficient (Wildman–Crippen LogP) is 26.9. The second-order valence-electron chi connectivity index (χ2n) is 31.3. The molecule has 6 aromatic heterocycles. The summed E-state index contributed by atoms with van der Waals surface area (Å²) >= 11 is 0. The molecule has 0 amide bonds. The minimum absolute atomic E-state index is 0.620. The molecular weight excluding hydrogens is 1420 g/mol. The lowest BCUT2D eigenvalue weighted by molar-refractivity contribution is 0.926. The highest BCUT2D eigenvalue weighted by molar-refractivity contribution is 6.14. The summed E-state index contributed by atoms with van der Waals surface area (Å²) in [5, 5.41) is 9.77. The minimum atomic E-state index is 0.620. The summed E-state index contributed by atoms with van der Waals surface area (Å²) in [6.07, 6.45) is 0. The fraction of sp³-hybridized carbons (Fsp3) is 0.115. The van der Waals surface area contributed by atoms with Crippen molar-refractivity contribution in [2.24, 2.45) is 0 Å². The second kappa shape index (κ2) is 28.2. The van der Waals surface area contributed by atoms with Crippen LogP contribution in [0.15, 0.2) is 267 Å². The summed E-state index contributed by atoms with van der Waals surface area (Å²) in [5.41, 5.74) is 34.6. The monoisotopic (exact) mass is 1500 g/mol. The van der Waals surface area contributed by atoms with Gasteiger partial charge in [-0.3, -0.25) is 0 Å². The zero-order valence-corrected chi connectivity index (χ0v) is 66.8. The summed E-state index contributed by atoms with van der Waals surface area (Å²) in [4.78, 5) is 36.4. The van der Waals surface area contributed by atoms with Crippen molar-refractivity contribution < 1.29 is 0 Å². The molecule has 0 atom stereocenters. The molecule has 0 unspecified atom stereocenters. The van der Waals surface area contributed by atoms with E-state index in [0.29, 0.717) is 46.3 Å². The van der Waals surface area contributed by atoms with Crippen LogP contribution < -0.4 is 0 Å². The number of hydrogen-bond donors (Lipinski definition) is 0. The summed E-state index contributed by atoms with van der Waals surface area (Å²) in [7, 11) is 0. The molecule has 116 heavy (non-hydrogen) atoms. The van der Waals surface area contributed by atoms with E-state index in [-0.39, 0.29) is 0 Å². The molecule has 0 N–H and O–H groups in total. The maximum Gasteiger partial charge on any atom is 0.187 e. The summed E-state index contributed by atoms with van der Waals surface area (Å²) in [6, 6.07) is 96.4. The third-order valence-electron chi connectivity index (χ3n) is 22.7. The van der Waals surface area contributed by atoms with Gasteiger partial charge in [-0.15, -0.1) is 0 Å². The average molecular weight is 1500 g/mol. The molecule has 0 radical (unpaired) electrons. The van der Waals surface area contributed by atoms with E-state index in [9.17, 15) is 0 Å². The first kappa shape index (κ1) is 71.6. The first-order valence-electron chi connectivity index (χ1n) is 39.3. The van der Waals surface area contributed by atoms with Gasteiger partial charge in [0.05, 0.1) is 80.0 Å². The topological polar surface area (TPSA) is 106 Å². The lowest BCUT2D eigenvalue weighted by Gasteiger charge is -2.19. The fourth-order valence-corrected chi connectivity index (χ4v) is 17.4. The third-order valence-corrected chi connectivity index (χ3v) is 22.7. The molecule has 0 saturated heterocycles. The quantitative estimate of drug-likeness (QED) is 0.126. The molecule has 0 spiro atoms. The molecule has 0 aliphatic carbocycles. The maximum absolute atomic E-state index is 7.53. The highest BCUT2D eigenvalue weighted by atomic mass is 15.1. The van der Waals surface area contributed by atoms with E-state index in [1.807, 2.05) is 76.2 Å². The van der Waals surface area contributed by atoms with Crippen molar-refractivity contribution in [2.45, 2.75) is 83.1 Å². The molecule has 0 saturated carbocycles. The zero-order chi connectivity index (χ0) is 79.6. The van der Waals surface area contributed by atoms with Crippen molar-refractivity contribution in [2.75, 3.05) is 0 Å². The SMILES string of the molecule is [C-]#[N+]c1ccc(-c2ccc(-c3ccc(-n4c5ccc(C)cc5c5cc(C)ccc54)c(-c4nc(C)nc(C)n4)c3)c(-n3c4ccc(C)cc4c4cc(C)ccc43)c2)cc1.[C-]#[N+]c1ccc(-c2ccc(-n3c4ccc(C)cc4c4cc(C)ccc43)c(-c3ccc(-n4c5ccc(C)cc5c5cc(C)ccc54)c(-c4nc(C)nc(C)n4)c3)c2)cc1. The minimum Gasteiger partial charge on any atom is -0.309 e. The maximum atomic E-state index is 7.53. The van der Waals surface area contributed by atoms with Crippen LogP contribution in [0.5, 0.6) is 0 Å². The van der Waals surface area contributed by atoms with Gasteiger partial charge in [0, 0.05) is 65.3 Å². The third kappa shape index (κ3) is 12.5. The van der Waals surface area contributed by atoms with Crippen molar-refractivity contribution >= 4 is 98.6 Å². The summed E-state index contributed by atoms with van der Waals surface area (Å²) in [6.45, 7) is 40.0. The molecule has 6 heterocycles. The number of rotatable bonds is 10. The number of aryl methyl sites for hydroxylation is 12. The first-order valence-corrected chi connectivity index (χ1v) is 39.3. The second-order valence-corrected chi connectivity index (χ2v) is 31.3. The van der Waals surface area contributed by atoms with E-state index in [0.717, 1.165) is 123 Å². The van der Waals surface area contributed by atoms with Crippen LogP contribution in [0.1, 0.15) is 67.8 Å². The lowest BCUT2D eigenvalue weighted by atomic mass is 9.95. The molecule has 12 heteroatoms. The van der Waals surface area contributed by atoms with Crippen molar-refractivity contribution in [3.8, 4) is 90.0 Å². The van der Waals surface area contributed by atoms with E-state index < -0.39 is 0 Å². The van der Waals surface area contributed by atoms with Crippen LogP contribution in [0.2, 0.25) is 0 Å². The van der Waals surface area contributed by atoms with Gasteiger partial charge < -0.3 is 18.3 Å². The number of aromatic nitrogens is 10. The van der Waals surface area contributed by atoms with Crippen molar-refractivity contribution in [3.05, 3.63) is 358 Å². The molecule has 0 aliphatic heterocycles. The zero-order valence-electron chi connectivity index (χ0n) is 66.8. The highest BCUT2D eigenvalue weighted by Crippen LogP contribution is 2.47. The molecule has 0 bridgehead atoms. The van der Waals surface area contributed by atoms with Gasteiger partial charge in [-0.05, 0) is 256 Å². The van der Waals surface area contributed by atoms with E-state index in [1.165, 1.54) is 87.6 Å². The van der Waals surface area contributed by atoms with Crippen molar-refractivity contribution in [1.29, 1.82) is 0 Å². The van der Waals surface area contributed by atoms with E-state index in [4.69, 9.17) is 33.1 Å². The first-order chi connectivity index (χ1) is 56.3. The Bertz CT molecular complexity index is 7340. The highest BCUT2D eigenvalue weighted by Gasteiger charge is 2.26. The largest absolute Gasteiger partial charge is 0.309 e. The van der Waals surface area contributed by atoms with E-state index in [1.54, 1.807) is 0 Å². The van der Waals surface area contributed by atoms with Gasteiger partial charge in [-0.25, -0.2) is 39.6 Å². The Labute approximate surface area is 673 Å². The standard InChI is InChI=1S/2C52H40N6/c1-30-8-19-46-41(24-30)42-25-31(2)9-20-47(42)57(46)50-23-15-38(28-45(50)52-55-34(5)54-35(6)56-52)40-18-14-37(36-12-16-39(53-7)17-13-36)29-51(40)58-48-21-10-32(3)26-43(48)44-27-33(4)11-22-49(44)58;1-30-8-18-47-41(24-30)42-25-31(2)9-19-48(42)57(47)46-22-14-37(36-12-16-39(53-7)17-13-36)28-40(46)38-15-23-51(45(29-38)52-55-34(5)54-35(6)56-52)58-49-20-10-32(3)26-43(49)44-27-33(4)11-21-50(44)58/h2*8-29H,1-6H3.